The first-order chi connectivity index (χ1) is 18.8. The highest BCUT2D eigenvalue weighted by molar-refractivity contribution is 6.53. The minimum absolute atomic E-state index is 0.0186. The minimum atomic E-state index is -0.594. The molecule has 0 bridgehead atoms. The Morgan fingerprint density at radius 1 is 0.744 bits per heavy atom. The molecular weight excluding hydrogens is 514 g/mol. The first kappa shape index (κ1) is 25.8. The maximum absolute atomic E-state index is 13.1. The molecule has 0 atom stereocenters. The Bertz CT molecular complexity index is 1600. The van der Waals surface area contributed by atoms with E-state index in [0.29, 0.717) is 28.4 Å². The van der Waals surface area contributed by atoms with Crippen LogP contribution >= 0.6 is 11.6 Å². The van der Waals surface area contributed by atoms with Gasteiger partial charge in [-0.3, -0.25) is 14.4 Å². The van der Waals surface area contributed by atoms with Crippen LogP contribution in [0.5, 0.6) is 11.5 Å². The largest absolute Gasteiger partial charge is 0.457 e. The Morgan fingerprint density at radius 3 is 2.05 bits per heavy atom. The standard InChI is InChI=1S/C31H24ClN3O4/c1-19-8-15-24(18-20(19)2)35-30(37)27(32)28(31(35)38)33-22-11-9-21(10-12-22)29(36)34-23-13-16-26(17-14-23)39-25-6-4-3-5-7-25/h3-18,33H,1-2H3,(H,34,36). The predicted octanol–water partition coefficient (Wildman–Crippen LogP) is 6.78. The number of nitrogens with zero attached hydrogens (tertiary/aromatic N) is 1. The van der Waals surface area contributed by atoms with Crippen LogP contribution in [0.4, 0.5) is 17.1 Å². The molecule has 0 saturated carbocycles. The molecule has 7 nitrogen and oxygen atoms in total. The van der Waals surface area contributed by atoms with Gasteiger partial charge in [-0.25, -0.2) is 4.90 Å². The Hall–Kier alpha value is -4.88. The van der Waals surface area contributed by atoms with Crippen LogP contribution in [0.3, 0.4) is 0 Å². The van der Waals surface area contributed by atoms with Gasteiger partial charge in [-0.1, -0.05) is 35.9 Å². The molecule has 0 unspecified atom stereocenters. The lowest BCUT2D eigenvalue weighted by atomic mass is 10.1. The van der Waals surface area contributed by atoms with Crippen LogP contribution < -0.4 is 20.3 Å². The normalized spacial score (nSPS) is 13.1. The van der Waals surface area contributed by atoms with Crippen molar-refractivity contribution < 1.29 is 19.1 Å². The number of aryl methyl sites for hydroxylation is 2. The third kappa shape index (κ3) is 5.54. The van der Waals surface area contributed by atoms with Crippen molar-refractivity contribution >= 4 is 46.4 Å². The van der Waals surface area contributed by atoms with E-state index >= 15 is 0 Å². The molecule has 2 N–H and O–H groups in total. The number of hydrogen-bond acceptors (Lipinski definition) is 5. The number of halogens is 1. The summed E-state index contributed by atoms with van der Waals surface area (Å²) in [7, 11) is 0. The van der Waals surface area contributed by atoms with E-state index < -0.39 is 11.8 Å². The van der Waals surface area contributed by atoms with Crippen LogP contribution in [0.15, 0.2) is 108 Å². The van der Waals surface area contributed by atoms with Crippen molar-refractivity contribution in [1.82, 2.24) is 0 Å². The Morgan fingerprint density at radius 2 is 1.38 bits per heavy atom. The van der Waals surface area contributed by atoms with Crippen LogP contribution in [-0.2, 0) is 9.59 Å². The number of para-hydroxylation sites is 1. The lowest BCUT2D eigenvalue weighted by Gasteiger charge is -2.16. The number of amides is 3. The molecule has 3 amide bonds. The Labute approximate surface area is 230 Å². The lowest BCUT2D eigenvalue weighted by molar-refractivity contribution is -0.120. The molecule has 0 saturated heterocycles. The summed E-state index contributed by atoms with van der Waals surface area (Å²) in [6.07, 6.45) is 0. The van der Waals surface area contributed by atoms with E-state index in [4.69, 9.17) is 16.3 Å². The zero-order valence-electron chi connectivity index (χ0n) is 21.2. The second-order valence-corrected chi connectivity index (χ2v) is 9.38. The van der Waals surface area contributed by atoms with Crippen molar-refractivity contribution in [2.24, 2.45) is 0 Å². The molecule has 0 aliphatic carbocycles. The molecule has 1 aliphatic heterocycles. The van der Waals surface area contributed by atoms with Gasteiger partial charge in [-0.15, -0.1) is 0 Å². The van der Waals surface area contributed by atoms with Gasteiger partial charge >= 0.3 is 0 Å². The van der Waals surface area contributed by atoms with Crippen molar-refractivity contribution in [1.29, 1.82) is 0 Å². The second kappa shape index (κ2) is 10.8. The molecular formula is C31H24ClN3O4. The second-order valence-electron chi connectivity index (χ2n) is 9.00. The molecule has 1 aliphatic rings. The van der Waals surface area contributed by atoms with E-state index in [1.807, 2.05) is 50.2 Å². The van der Waals surface area contributed by atoms with E-state index in [-0.39, 0.29) is 16.6 Å². The summed E-state index contributed by atoms with van der Waals surface area (Å²) in [6, 6.07) is 28.3. The molecule has 194 valence electrons. The highest BCUT2D eigenvalue weighted by Gasteiger charge is 2.39. The van der Waals surface area contributed by atoms with Crippen molar-refractivity contribution in [3.05, 3.63) is 124 Å². The van der Waals surface area contributed by atoms with Crippen molar-refractivity contribution in [3.63, 3.8) is 0 Å². The number of rotatable bonds is 7. The number of hydrogen-bond donors (Lipinski definition) is 2. The summed E-state index contributed by atoms with van der Waals surface area (Å²) in [5.41, 5.74) is 3.97. The number of carbonyl (C=O) groups excluding carboxylic acids is 3. The predicted molar refractivity (Wildman–Crippen MR) is 152 cm³/mol. The molecule has 4 aromatic rings. The topological polar surface area (TPSA) is 87.7 Å². The third-order valence-electron chi connectivity index (χ3n) is 6.28. The van der Waals surface area contributed by atoms with Gasteiger partial charge in [0.05, 0.1) is 5.69 Å². The fourth-order valence-electron chi connectivity index (χ4n) is 3.99. The molecule has 1 heterocycles. The van der Waals surface area contributed by atoms with Gasteiger partial charge in [-0.05, 0) is 97.8 Å². The molecule has 4 aromatic carbocycles. The van der Waals surface area contributed by atoms with Crippen molar-refractivity contribution in [2.45, 2.75) is 13.8 Å². The number of nitrogens with one attached hydrogen (secondary N) is 2. The zero-order valence-corrected chi connectivity index (χ0v) is 22.0. The van der Waals surface area contributed by atoms with Gasteiger partial charge in [0.25, 0.3) is 17.7 Å². The summed E-state index contributed by atoms with van der Waals surface area (Å²) >= 11 is 6.25. The van der Waals surface area contributed by atoms with E-state index in [9.17, 15) is 14.4 Å². The van der Waals surface area contributed by atoms with Crippen LogP contribution in [0, 0.1) is 13.8 Å². The molecule has 8 heteroatoms. The number of carbonyl (C=O) groups is 3. The fourth-order valence-corrected chi connectivity index (χ4v) is 4.21. The Balaban J connectivity index is 1.23. The van der Waals surface area contributed by atoms with Crippen LogP contribution in [0.2, 0.25) is 0 Å². The van der Waals surface area contributed by atoms with Crippen LogP contribution in [0.25, 0.3) is 0 Å². The summed E-state index contributed by atoms with van der Waals surface area (Å²) < 4.78 is 5.77. The molecule has 39 heavy (non-hydrogen) atoms. The van der Waals surface area contributed by atoms with Crippen molar-refractivity contribution in [3.8, 4) is 11.5 Å². The summed E-state index contributed by atoms with van der Waals surface area (Å²) in [5.74, 6) is -0.0674. The first-order valence-corrected chi connectivity index (χ1v) is 12.5. The summed E-state index contributed by atoms with van der Waals surface area (Å²) in [5, 5.41) is 5.58. The van der Waals surface area contributed by atoms with E-state index in [0.717, 1.165) is 21.8 Å². The summed E-state index contributed by atoms with van der Waals surface area (Å²) in [4.78, 5) is 39.6. The van der Waals surface area contributed by atoms with Gasteiger partial charge < -0.3 is 15.4 Å². The smallest absolute Gasteiger partial charge is 0.283 e. The van der Waals surface area contributed by atoms with Crippen LogP contribution in [-0.4, -0.2) is 17.7 Å². The van der Waals surface area contributed by atoms with Crippen molar-refractivity contribution in [2.75, 3.05) is 15.5 Å². The molecule has 5 rings (SSSR count). The quantitative estimate of drug-likeness (QED) is 0.254. The van der Waals surface area contributed by atoms with Gasteiger partial charge in [0, 0.05) is 16.9 Å². The number of imide groups is 1. The number of benzene rings is 4. The molecule has 0 radical (unpaired) electrons. The van der Waals surface area contributed by atoms with E-state index in [2.05, 4.69) is 10.6 Å². The monoisotopic (exact) mass is 537 g/mol. The lowest BCUT2D eigenvalue weighted by Crippen LogP contribution is -2.32. The first-order valence-electron chi connectivity index (χ1n) is 12.2. The number of ether oxygens (including phenoxy) is 1. The molecule has 0 fully saturated rings. The van der Waals surface area contributed by atoms with Gasteiger partial charge in [0.2, 0.25) is 0 Å². The molecule has 0 spiro atoms. The van der Waals surface area contributed by atoms with Gasteiger partial charge in [-0.2, -0.15) is 0 Å². The highest BCUT2D eigenvalue weighted by atomic mass is 35.5. The van der Waals surface area contributed by atoms with E-state index in [1.165, 1.54) is 0 Å². The maximum atomic E-state index is 13.1. The highest BCUT2D eigenvalue weighted by Crippen LogP contribution is 2.31. The van der Waals surface area contributed by atoms with Gasteiger partial charge in [0.15, 0.2) is 0 Å². The van der Waals surface area contributed by atoms with E-state index in [1.54, 1.807) is 60.7 Å². The summed E-state index contributed by atoms with van der Waals surface area (Å²) in [6.45, 7) is 3.86. The maximum Gasteiger partial charge on any atom is 0.283 e. The van der Waals surface area contributed by atoms with Gasteiger partial charge in [0.1, 0.15) is 22.2 Å². The fraction of sp³-hybridized carbons (Fsp3) is 0.0645. The Kier molecular flexibility index (Phi) is 7.17. The zero-order chi connectivity index (χ0) is 27.5. The van der Waals surface area contributed by atoms with Crippen LogP contribution in [0.1, 0.15) is 21.5 Å². The average molecular weight is 538 g/mol. The molecule has 0 aromatic heterocycles. The minimum Gasteiger partial charge on any atom is -0.457 e. The number of anilines is 3. The SMILES string of the molecule is Cc1ccc(N2C(=O)C(Cl)=C(Nc3ccc(C(=O)Nc4ccc(Oc5ccccc5)cc4)cc3)C2=O)cc1C. The third-order valence-corrected chi connectivity index (χ3v) is 6.63. The average Bonchev–Trinajstić information content (AvgIpc) is 3.15.